The number of esters is 4. The molecule has 3 N–H and O–H groups in total. The molecule has 0 aliphatic carbocycles. The number of hydrogen-bond donors (Lipinski definition) is 3. The predicted molar refractivity (Wildman–Crippen MR) is 349 cm³/mol. The topological polar surface area (TPSA) is 237 Å². The van der Waals surface area contributed by atoms with Crippen molar-refractivity contribution in [3.8, 4) is 0 Å². The third kappa shape index (κ3) is 62.6. The van der Waals surface area contributed by atoms with Gasteiger partial charge in [0.2, 0.25) is 0 Å². The lowest BCUT2D eigenvalue weighted by Crippen LogP contribution is -2.30. The summed E-state index contributed by atoms with van der Waals surface area (Å²) in [4.78, 5) is 72.3. The Kier molecular flexibility index (Phi) is 60.2. The van der Waals surface area contributed by atoms with Crippen molar-refractivity contribution >= 4 is 39.5 Å². The van der Waals surface area contributed by atoms with Crippen LogP contribution < -0.4 is 0 Å². The van der Waals surface area contributed by atoms with Crippen LogP contribution in [0.3, 0.4) is 0 Å². The minimum atomic E-state index is -4.95. The lowest BCUT2D eigenvalue weighted by atomic mass is 10.0. The van der Waals surface area contributed by atoms with Crippen LogP contribution in [0.25, 0.3) is 0 Å². The summed E-state index contributed by atoms with van der Waals surface area (Å²) in [6.07, 6.45) is 47.2. The Morgan fingerprint density at radius 1 is 0.310 bits per heavy atom. The molecule has 0 aromatic heterocycles. The number of aliphatic hydroxyl groups excluding tert-OH is 1. The first-order valence-corrected chi connectivity index (χ1v) is 38.6. The molecule has 19 heteroatoms. The lowest BCUT2D eigenvalue weighted by molar-refractivity contribution is -0.161. The number of aliphatic hydroxyl groups is 1. The van der Waals surface area contributed by atoms with E-state index in [0.29, 0.717) is 25.7 Å². The van der Waals surface area contributed by atoms with Gasteiger partial charge in [-0.05, 0) is 31.6 Å². The maximum atomic E-state index is 13.0. The Morgan fingerprint density at radius 3 is 0.782 bits per heavy atom. The SMILES string of the molecule is CCCCCCCCCCCCCCCCCCC(=O)O[C@H](COC(=O)CCCCCCCCCCCC(C)C)COP(=O)(O)OC[C@@H](O)COP(=O)(O)OC[C@@H](COC(=O)CCCCCCCCCC)OC(=O)CCCCCCCCCCCCC. The molecule has 5 atom stereocenters. The van der Waals surface area contributed by atoms with Crippen LogP contribution in [-0.4, -0.2) is 96.7 Å². The number of ether oxygens (including phenoxy) is 4. The second-order valence-corrected chi connectivity index (χ2v) is 27.9. The van der Waals surface area contributed by atoms with E-state index in [1.165, 1.54) is 167 Å². The van der Waals surface area contributed by atoms with E-state index < -0.39 is 97.5 Å². The van der Waals surface area contributed by atoms with Crippen molar-refractivity contribution in [2.24, 2.45) is 5.92 Å². The summed E-state index contributed by atoms with van der Waals surface area (Å²) in [5, 5.41) is 10.6. The van der Waals surface area contributed by atoms with Gasteiger partial charge in [-0.15, -0.1) is 0 Å². The fourth-order valence-corrected chi connectivity index (χ4v) is 11.9. The Hall–Kier alpha value is -1.94. The minimum absolute atomic E-state index is 0.107. The number of phosphoric ester groups is 2. The van der Waals surface area contributed by atoms with Gasteiger partial charge in [0.25, 0.3) is 0 Å². The van der Waals surface area contributed by atoms with E-state index in [-0.39, 0.29) is 25.7 Å². The normalized spacial score (nSPS) is 14.1. The Bertz CT molecular complexity index is 1690. The monoisotopic (exact) mass is 1280 g/mol. The second-order valence-electron chi connectivity index (χ2n) is 25.0. The van der Waals surface area contributed by atoms with Gasteiger partial charge in [-0.3, -0.25) is 37.3 Å². The van der Waals surface area contributed by atoms with Gasteiger partial charge in [0.1, 0.15) is 19.3 Å². The molecule has 0 spiro atoms. The van der Waals surface area contributed by atoms with Gasteiger partial charge in [-0.25, -0.2) is 9.13 Å². The quantitative estimate of drug-likeness (QED) is 0.0222. The molecule has 0 fully saturated rings. The number of rotatable bonds is 68. The van der Waals surface area contributed by atoms with Gasteiger partial charge in [0.05, 0.1) is 26.4 Å². The minimum Gasteiger partial charge on any atom is -0.462 e. The van der Waals surface area contributed by atoms with Gasteiger partial charge in [-0.1, -0.05) is 298 Å². The molecule has 0 aromatic rings. The zero-order valence-electron chi connectivity index (χ0n) is 56.2. The molecular weight excluding hydrogens is 1150 g/mol. The Balaban J connectivity index is 5.22. The summed E-state index contributed by atoms with van der Waals surface area (Å²) in [5.74, 6) is -1.38. The zero-order chi connectivity index (χ0) is 64.2. The first-order valence-electron chi connectivity index (χ1n) is 35.6. The van der Waals surface area contributed by atoms with Gasteiger partial charge < -0.3 is 33.8 Å². The molecule has 87 heavy (non-hydrogen) atoms. The van der Waals surface area contributed by atoms with Crippen molar-refractivity contribution in [3.05, 3.63) is 0 Å². The van der Waals surface area contributed by atoms with Crippen LogP contribution in [0.4, 0.5) is 0 Å². The molecule has 0 saturated carbocycles. The zero-order valence-corrected chi connectivity index (χ0v) is 57.9. The van der Waals surface area contributed by atoms with Gasteiger partial charge in [0.15, 0.2) is 12.2 Å². The van der Waals surface area contributed by atoms with E-state index in [1.807, 2.05) is 0 Å². The third-order valence-corrected chi connectivity index (χ3v) is 17.7. The van der Waals surface area contributed by atoms with Crippen LogP contribution >= 0.6 is 15.6 Å². The average Bonchev–Trinajstić information content (AvgIpc) is 3.60. The molecular formula is C68H132O17P2. The van der Waals surface area contributed by atoms with Crippen LogP contribution in [-0.2, 0) is 65.4 Å². The van der Waals surface area contributed by atoms with E-state index >= 15 is 0 Å². The van der Waals surface area contributed by atoms with E-state index in [4.69, 9.17) is 37.0 Å². The van der Waals surface area contributed by atoms with E-state index in [1.54, 1.807) is 0 Å². The summed E-state index contributed by atoms with van der Waals surface area (Å²) in [5.41, 5.74) is 0. The van der Waals surface area contributed by atoms with E-state index in [2.05, 4.69) is 34.6 Å². The highest BCUT2D eigenvalue weighted by atomic mass is 31.2. The fourth-order valence-electron chi connectivity index (χ4n) is 10.3. The summed E-state index contributed by atoms with van der Waals surface area (Å²) < 4.78 is 68.1. The summed E-state index contributed by atoms with van der Waals surface area (Å²) >= 11 is 0. The highest BCUT2D eigenvalue weighted by molar-refractivity contribution is 7.47. The number of phosphoric acid groups is 2. The van der Waals surface area contributed by atoms with Crippen LogP contribution in [0.2, 0.25) is 0 Å². The average molecular weight is 1280 g/mol. The summed E-state index contributed by atoms with van der Waals surface area (Å²) in [7, 11) is -9.89. The molecule has 0 rings (SSSR count). The van der Waals surface area contributed by atoms with Gasteiger partial charge >= 0.3 is 39.5 Å². The highest BCUT2D eigenvalue weighted by Crippen LogP contribution is 2.45. The molecule has 516 valence electrons. The predicted octanol–water partition coefficient (Wildman–Crippen LogP) is 19.4. The maximum absolute atomic E-state index is 13.0. The fraction of sp³-hybridized carbons (Fsp3) is 0.941. The number of carbonyl (C=O) groups excluding carboxylic acids is 4. The molecule has 2 unspecified atom stereocenters. The van der Waals surface area contributed by atoms with Gasteiger partial charge in [0, 0.05) is 25.7 Å². The third-order valence-electron chi connectivity index (χ3n) is 15.8. The van der Waals surface area contributed by atoms with Crippen molar-refractivity contribution in [2.75, 3.05) is 39.6 Å². The van der Waals surface area contributed by atoms with E-state index in [0.717, 1.165) is 102 Å². The largest absolute Gasteiger partial charge is 0.472 e. The highest BCUT2D eigenvalue weighted by Gasteiger charge is 2.30. The summed E-state index contributed by atoms with van der Waals surface area (Å²) in [6.45, 7) is 7.19. The van der Waals surface area contributed by atoms with Crippen molar-refractivity contribution < 1.29 is 80.2 Å². The number of unbranched alkanes of at least 4 members (excludes halogenated alkanes) is 40. The smallest absolute Gasteiger partial charge is 0.462 e. The molecule has 0 aromatic carbocycles. The standard InChI is InChI=1S/C68H132O17P2/c1-6-9-12-15-18-21-23-24-25-26-27-29-33-39-44-49-54-68(73)85-64(58-79-66(71)52-47-42-37-34-30-31-35-40-45-50-61(4)5)60-83-87(76,77)81-56-62(69)55-80-86(74,75)82-59-63(57-78-65(70)51-46-41-36-20-17-14-11-8-3)84-67(72)53-48-43-38-32-28-22-19-16-13-10-7-2/h61-64,69H,6-60H2,1-5H3,(H,74,75)(H,76,77)/t62-,63+,64+/m0/s1. The van der Waals surface area contributed by atoms with Crippen LogP contribution in [0.1, 0.15) is 349 Å². The van der Waals surface area contributed by atoms with Crippen molar-refractivity contribution in [2.45, 2.75) is 368 Å². The van der Waals surface area contributed by atoms with Crippen LogP contribution in [0.15, 0.2) is 0 Å². The van der Waals surface area contributed by atoms with Crippen molar-refractivity contribution in [1.29, 1.82) is 0 Å². The van der Waals surface area contributed by atoms with Crippen LogP contribution in [0, 0.1) is 5.92 Å². The lowest BCUT2D eigenvalue weighted by Gasteiger charge is -2.21. The molecule has 0 saturated heterocycles. The molecule has 0 amide bonds. The van der Waals surface area contributed by atoms with Crippen LogP contribution in [0.5, 0.6) is 0 Å². The maximum Gasteiger partial charge on any atom is 0.472 e. The van der Waals surface area contributed by atoms with Crippen molar-refractivity contribution in [1.82, 2.24) is 0 Å². The first-order chi connectivity index (χ1) is 42.0. The molecule has 0 aliphatic rings. The Labute approximate surface area is 530 Å². The summed E-state index contributed by atoms with van der Waals surface area (Å²) in [6, 6.07) is 0. The number of hydrogen-bond acceptors (Lipinski definition) is 15. The number of carbonyl (C=O) groups is 4. The first kappa shape index (κ1) is 85.1. The second kappa shape index (κ2) is 61.6. The molecule has 0 aliphatic heterocycles. The molecule has 17 nitrogen and oxygen atoms in total. The Morgan fingerprint density at radius 2 is 0.529 bits per heavy atom. The molecule has 0 radical (unpaired) electrons. The van der Waals surface area contributed by atoms with E-state index in [9.17, 15) is 43.2 Å². The van der Waals surface area contributed by atoms with Crippen molar-refractivity contribution in [3.63, 3.8) is 0 Å². The molecule has 0 heterocycles. The molecule has 0 bridgehead atoms. The van der Waals surface area contributed by atoms with Gasteiger partial charge in [-0.2, -0.15) is 0 Å².